The van der Waals surface area contributed by atoms with Crippen molar-refractivity contribution in [1.82, 2.24) is 0 Å². The zero-order valence-corrected chi connectivity index (χ0v) is 30.5. The Hall–Kier alpha value is -3.10. The van der Waals surface area contributed by atoms with E-state index in [9.17, 15) is 0 Å². The fraction of sp³-hybridized carbons (Fsp3) is 0.455. The van der Waals surface area contributed by atoms with Crippen molar-refractivity contribution >= 4 is 22.5 Å². The van der Waals surface area contributed by atoms with E-state index in [-0.39, 0.29) is 0 Å². The highest BCUT2D eigenvalue weighted by atomic mass is 15.3. The number of hydrogen-bond donors (Lipinski definition) is 0. The second-order valence-electron chi connectivity index (χ2n) is 14.1. The standard InChI is InChI=1S/C25H30B.C19H34N/c1-5-6-19-26(23-13-7-20(2)8-14-23,24-15-9-21(3)10-16-24)25-17-11-22(4)12-18-25;1-4-7-15-20(16-8-5-2,17-9-6-3)18-19-13-11-10-12-14-19/h7-18H,5-6,19H2,1-4H3;10-14H,4-9,15-18H2,1-3H3/q-1;+1. The lowest BCUT2D eigenvalue weighted by atomic mass is 9.14. The third kappa shape index (κ3) is 10.7. The minimum atomic E-state index is -0.957. The predicted octanol–water partition coefficient (Wildman–Crippen LogP) is 10.3. The molecule has 1 nitrogen and oxygen atoms in total. The molecule has 4 rings (SSSR count). The Morgan fingerprint density at radius 1 is 0.435 bits per heavy atom. The normalized spacial score (nSPS) is 11.6. The quantitative estimate of drug-likeness (QED) is 0.0817. The Kier molecular flexibility index (Phi) is 15.9. The molecule has 46 heavy (non-hydrogen) atoms. The molecule has 0 N–H and O–H groups in total. The summed E-state index contributed by atoms with van der Waals surface area (Å²) in [6.07, 6.45) is 10.7. The summed E-state index contributed by atoms with van der Waals surface area (Å²) >= 11 is 0. The van der Waals surface area contributed by atoms with Crippen LogP contribution in [0.15, 0.2) is 103 Å². The van der Waals surface area contributed by atoms with Gasteiger partial charge in [0.15, 0.2) is 0 Å². The third-order valence-electron chi connectivity index (χ3n) is 10.2. The molecule has 0 aliphatic rings. The summed E-state index contributed by atoms with van der Waals surface area (Å²) < 4.78 is 1.31. The summed E-state index contributed by atoms with van der Waals surface area (Å²) in [7, 11) is 0. The first-order valence-corrected chi connectivity index (χ1v) is 18.6. The first-order valence-electron chi connectivity index (χ1n) is 18.6. The number of benzene rings is 4. The second kappa shape index (κ2) is 19.5. The largest absolute Gasteiger partial charge is 0.320 e. The zero-order chi connectivity index (χ0) is 33.3. The van der Waals surface area contributed by atoms with Crippen LogP contribution in [-0.2, 0) is 6.54 Å². The number of nitrogens with zero attached hydrogens (tertiary/aromatic N) is 1. The number of aryl methyl sites for hydroxylation is 3. The molecule has 0 aliphatic carbocycles. The van der Waals surface area contributed by atoms with Crippen LogP contribution in [0.2, 0.25) is 6.32 Å². The van der Waals surface area contributed by atoms with Gasteiger partial charge in [0.05, 0.1) is 25.8 Å². The van der Waals surface area contributed by atoms with E-state index in [2.05, 4.69) is 152 Å². The van der Waals surface area contributed by atoms with Crippen LogP contribution in [-0.4, -0.2) is 30.3 Å². The molecule has 0 radical (unpaired) electrons. The fourth-order valence-electron chi connectivity index (χ4n) is 7.30. The highest BCUT2D eigenvalue weighted by Crippen LogP contribution is 2.20. The van der Waals surface area contributed by atoms with Crippen LogP contribution in [0.5, 0.6) is 0 Å². The minimum absolute atomic E-state index is 0.957. The molecule has 0 spiro atoms. The maximum atomic E-state index is 2.35. The monoisotopic (exact) mass is 618 g/mol. The van der Waals surface area contributed by atoms with E-state index >= 15 is 0 Å². The van der Waals surface area contributed by atoms with Crippen LogP contribution in [0, 0.1) is 20.8 Å². The Balaban J connectivity index is 0.000000260. The Labute approximate surface area is 284 Å². The SMILES string of the molecule is CCCC[B-](c1ccc(C)cc1)(c1ccc(C)cc1)c1ccc(C)cc1.CCCC[N+](CCCC)(CCCC)Cc1ccccc1. The van der Waals surface area contributed by atoms with Crippen molar-refractivity contribution in [1.29, 1.82) is 0 Å². The average Bonchev–Trinajstić information content (AvgIpc) is 3.08. The maximum absolute atomic E-state index is 2.35. The van der Waals surface area contributed by atoms with Gasteiger partial charge in [0, 0.05) is 5.56 Å². The number of unbranched alkanes of at least 4 members (excludes halogenated alkanes) is 4. The molecule has 4 aromatic rings. The summed E-state index contributed by atoms with van der Waals surface area (Å²) in [5, 5.41) is 0. The van der Waals surface area contributed by atoms with Crippen molar-refractivity contribution in [2.75, 3.05) is 19.6 Å². The molecule has 2 heteroatoms. The van der Waals surface area contributed by atoms with Crippen LogP contribution in [0.25, 0.3) is 0 Å². The van der Waals surface area contributed by atoms with Crippen molar-refractivity contribution in [2.45, 2.75) is 113 Å². The molecule has 0 atom stereocenters. The van der Waals surface area contributed by atoms with Gasteiger partial charge in [-0.2, -0.15) is 22.7 Å². The van der Waals surface area contributed by atoms with Gasteiger partial charge in [-0.15, -0.1) is 0 Å². The molecule has 0 unspecified atom stereocenters. The summed E-state index contributed by atoms with van der Waals surface area (Å²) in [5.41, 5.74) is 9.84. The van der Waals surface area contributed by atoms with Gasteiger partial charge in [-0.1, -0.05) is 180 Å². The molecular formula is C44H64BN. The van der Waals surface area contributed by atoms with Gasteiger partial charge in [0.25, 0.3) is 0 Å². The fourth-order valence-corrected chi connectivity index (χ4v) is 7.30. The Morgan fingerprint density at radius 2 is 0.783 bits per heavy atom. The van der Waals surface area contributed by atoms with E-state index in [1.54, 1.807) is 0 Å². The lowest BCUT2D eigenvalue weighted by Gasteiger charge is -2.43. The van der Waals surface area contributed by atoms with Gasteiger partial charge in [0.2, 0.25) is 0 Å². The van der Waals surface area contributed by atoms with Crippen LogP contribution in [0.4, 0.5) is 0 Å². The van der Waals surface area contributed by atoms with Gasteiger partial charge >= 0.3 is 0 Å². The van der Waals surface area contributed by atoms with Crippen molar-refractivity contribution < 1.29 is 4.48 Å². The van der Waals surface area contributed by atoms with E-state index in [1.165, 1.54) is 127 Å². The third-order valence-corrected chi connectivity index (χ3v) is 10.2. The molecule has 0 heterocycles. The van der Waals surface area contributed by atoms with Gasteiger partial charge in [-0.05, 0) is 40.0 Å². The van der Waals surface area contributed by atoms with Crippen LogP contribution in [0.1, 0.15) is 101 Å². The van der Waals surface area contributed by atoms with Gasteiger partial charge < -0.3 is 4.48 Å². The molecule has 0 aliphatic heterocycles. The van der Waals surface area contributed by atoms with Crippen molar-refractivity contribution in [3.63, 3.8) is 0 Å². The summed E-state index contributed by atoms with van der Waals surface area (Å²) in [4.78, 5) is 0. The molecule has 0 amide bonds. The van der Waals surface area contributed by atoms with E-state index in [0.717, 1.165) is 0 Å². The molecule has 0 saturated heterocycles. The van der Waals surface area contributed by atoms with Gasteiger partial charge in [-0.3, -0.25) is 0 Å². The molecule has 4 aromatic carbocycles. The molecule has 0 fully saturated rings. The van der Waals surface area contributed by atoms with E-state index < -0.39 is 6.15 Å². The van der Waals surface area contributed by atoms with Crippen molar-refractivity contribution in [3.8, 4) is 0 Å². The summed E-state index contributed by atoms with van der Waals surface area (Å²) in [5.74, 6) is 0. The molecule has 0 bridgehead atoms. The smallest absolute Gasteiger partial charge is 0.104 e. The van der Waals surface area contributed by atoms with Crippen molar-refractivity contribution in [3.05, 3.63) is 125 Å². The second-order valence-corrected chi connectivity index (χ2v) is 14.1. The molecule has 0 saturated carbocycles. The van der Waals surface area contributed by atoms with Crippen LogP contribution in [0.3, 0.4) is 0 Å². The van der Waals surface area contributed by atoms with E-state index in [1.807, 2.05) is 0 Å². The van der Waals surface area contributed by atoms with Gasteiger partial charge in [0.1, 0.15) is 6.54 Å². The van der Waals surface area contributed by atoms with E-state index in [4.69, 9.17) is 0 Å². The number of rotatable bonds is 17. The lowest BCUT2D eigenvalue weighted by molar-refractivity contribution is -0.941. The molecular weight excluding hydrogens is 553 g/mol. The first kappa shape index (κ1) is 37.4. The highest BCUT2D eigenvalue weighted by molar-refractivity contribution is 7.11. The predicted molar refractivity (Wildman–Crippen MR) is 208 cm³/mol. The van der Waals surface area contributed by atoms with Crippen molar-refractivity contribution in [2.24, 2.45) is 0 Å². The maximum Gasteiger partial charge on any atom is 0.104 e. The highest BCUT2D eigenvalue weighted by Gasteiger charge is 2.29. The Morgan fingerprint density at radius 3 is 1.11 bits per heavy atom. The minimum Gasteiger partial charge on any atom is -0.320 e. The molecule has 248 valence electrons. The Bertz CT molecular complexity index is 1220. The van der Waals surface area contributed by atoms with Gasteiger partial charge in [-0.25, -0.2) is 0 Å². The number of quaternary nitrogens is 1. The number of hydrogen-bond acceptors (Lipinski definition) is 0. The first-order chi connectivity index (χ1) is 22.3. The van der Waals surface area contributed by atoms with Crippen LogP contribution < -0.4 is 16.4 Å². The summed E-state index contributed by atoms with van der Waals surface area (Å²) in [6, 6.07) is 38.8. The topological polar surface area (TPSA) is 0 Å². The zero-order valence-electron chi connectivity index (χ0n) is 30.5. The summed E-state index contributed by atoms with van der Waals surface area (Å²) in [6.45, 7) is 21.0. The molecule has 0 aromatic heterocycles. The van der Waals surface area contributed by atoms with E-state index in [0.29, 0.717) is 0 Å². The van der Waals surface area contributed by atoms with Crippen LogP contribution >= 0.6 is 0 Å². The average molecular weight is 618 g/mol. The lowest BCUT2D eigenvalue weighted by Crippen LogP contribution is -2.67.